The van der Waals surface area contributed by atoms with Gasteiger partial charge in [0.1, 0.15) is 6.10 Å². The minimum absolute atomic E-state index is 0.0829. The molecule has 7 nitrogen and oxygen atoms in total. The van der Waals surface area contributed by atoms with E-state index in [1.807, 2.05) is 0 Å². The number of amides is 1. The van der Waals surface area contributed by atoms with Gasteiger partial charge in [-0.25, -0.2) is 0 Å². The molecule has 0 heterocycles. The van der Waals surface area contributed by atoms with Gasteiger partial charge in [-0.05, 0) is 12.1 Å². The standard InChI is InChI=1S/C10H12ClN3O4/c11-7-1-2-8(14(17)18)6(3-7)4-13-5-9(15)10(12)16/h1-3,9,13,15H,4-5H2,(H2,12,16). The summed E-state index contributed by atoms with van der Waals surface area (Å²) in [5.74, 6) is -0.858. The second kappa shape index (κ2) is 6.29. The first-order valence-electron chi connectivity index (χ1n) is 5.02. The molecule has 0 saturated carbocycles. The fourth-order valence-corrected chi connectivity index (χ4v) is 1.51. The van der Waals surface area contributed by atoms with Gasteiger partial charge in [-0.3, -0.25) is 14.9 Å². The average Bonchev–Trinajstić information content (AvgIpc) is 2.28. The van der Waals surface area contributed by atoms with Gasteiger partial charge in [0.25, 0.3) is 5.69 Å². The van der Waals surface area contributed by atoms with E-state index < -0.39 is 16.9 Å². The second-order valence-electron chi connectivity index (χ2n) is 3.58. The number of aliphatic hydroxyl groups is 1. The zero-order valence-electron chi connectivity index (χ0n) is 9.30. The van der Waals surface area contributed by atoms with Gasteiger partial charge in [-0.15, -0.1) is 0 Å². The Morgan fingerprint density at radius 2 is 2.28 bits per heavy atom. The highest BCUT2D eigenvalue weighted by Gasteiger charge is 2.15. The number of carbonyl (C=O) groups is 1. The Bertz CT molecular complexity index is 466. The number of nitro groups is 1. The highest BCUT2D eigenvalue weighted by atomic mass is 35.5. The molecular formula is C10H12ClN3O4. The number of halogens is 1. The monoisotopic (exact) mass is 273 g/mol. The van der Waals surface area contributed by atoms with Crippen molar-refractivity contribution in [2.45, 2.75) is 12.6 Å². The van der Waals surface area contributed by atoms with E-state index >= 15 is 0 Å². The van der Waals surface area contributed by atoms with Crippen LogP contribution in [0.2, 0.25) is 5.02 Å². The molecular weight excluding hydrogens is 262 g/mol. The van der Waals surface area contributed by atoms with Crippen LogP contribution in [0, 0.1) is 10.1 Å². The largest absolute Gasteiger partial charge is 0.382 e. The topological polar surface area (TPSA) is 118 Å². The number of benzene rings is 1. The SMILES string of the molecule is NC(=O)C(O)CNCc1cc(Cl)ccc1[N+](=O)[O-]. The minimum atomic E-state index is -1.33. The van der Waals surface area contributed by atoms with E-state index in [1.54, 1.807) is 0 Å². The smallest absolute Gasteiger partial charge is 0.273 e. The molecule has 1 amide bonds. The molecule has 0 bridgehead atoms. The zero-order valence-corrected chi connectivity index (χ0v) is 10.1. The molecule has 0 aliphatic carbocycles. The summed E-state index contributed by atoms with van der Waals surface area (Å²) in [5, 5.41) is 22.9. The number of hydrogen-bond donors (Lipinski definition) is 3. The Balaban J connectivity index is 2.69. The minimum Gasteiger partial charge on any atom is -0.382 e. The summed E-state index contributed by atoms with van der Waals surface area (Å²) in [5.41, 5.74) is 5.14. The first kappa shape index (κ1) is 14.4. The van der Waals surface area contributed by atoms with Gasteiger partial charge in [-0.2, -0.15) is 0 Å². The number of aliphatic hydroxyl groups excluding tert-OH is 1. The van der Waals surface area contributed by atoms with Gasteiger partial charge in [0, 0.05) is 29.7 Å². The van der Waals surface area contributed by atoms with Gasteiger partial charge in [-0.1, -0.05) is 11.6 Å². The summed E-state index contributed by atoms with van der Waals surface area (Å²) >= 11 is 5.74. The Kier molecular flexibility index (Phi) is 5.02. The normalized spacial score (nSPS) is 12.1. The molecule has 1 atom stereocenters. The lowest BCUT2D eigenvalue weighted by molar-refractivity contribution is -0.385. The summed E-state index contributed by atoms with van der Waals surface area (Å²) in [6.07, 6.45) is -1.33. The van der Waals surface area contributed by atoms with Crippen LogP contribution in [-0.4, -0.2) is 28.6 Å². The van der Waals surface area contributed by atoms with Crippen molar-refractivity contribution in [2.75, 3.05) is 6.54 Å². The summed E-state index contributed by atoms with van der Waals surface area (Å²) < 4.78 is 0. The lowest BCUT2D eigenvalue weighted by Crippen LogP contribution is -2.37. The van der Waals surface area contributed by atoms with E-state index in [4.69, 9.17) is 22.4 Å². The maximum atomic E-state index is 10.7. The van der Waals surface area contributed by atoms with Crippen molar-refractivity contribution in [1.82, 2.24) is 5.32 Å². The van der Waals surface area contributed by atoms with Crippen molar-refractivity contribution in [2.24, 2.45) is 5.73 Å². The van der Waals surface area contributed by atoms with Gasteiger partial charge >= 0.3 is 0 Å². The van der Waals surface area contributed by atoms with Gasteiger partial charge in [0.2, 0.25) is 5.91 Å². The summed E-state index contributed by atoms with van der Waals surface area (Å²) in [6.45, 7) is 0.0141. The number of nitrogens with one attached hydrogen (secondary N) is 1. The van der Waals surface area contributed by atoms with E-state index in [2.05, 4.69) is 5.32 Å². The molecule has 0 aliphatic rings. The van der Waals surface area contributed by atoms with E-state index in [-0.39, 0.29) is 18.8 Å². The van der Waals surface area contributed by atoms with Crippen LogP contribution in [0.5, 0.6) is 0 Å². The molecule has 0 spiro atoms. The highest BCUT2D eigenvalue weighted by Crippen LogP contribution is 2.22. The predicted octanol–water partition coefficient (Wildman–Crippen LogP) is 0.184. The van der Waals surface area contributed by atoms with Crippen LogP contribution in [0.1, 0.15) is 5.56 Å². The number of nitrogens with zero attached hydrogens (tertiary/aromatic N) is 1. The molecule has 0 aromatic heterocycles. The summed E-state index contributed by atoms with van der Waals surface area (Å²) in [7, 11) is 0. The average molecular weight is 274 g/mol. The molecule has 1 aromatic rings. The zero-order chi connectivity index (χ0) is 13.7. The molecule has 0 fully saturated rings. The van der Waals surface area contributed by atoms with Crippen LogP contribution in [0.3, 0.4) is 0 Å². The summed E-state index contributed by atoms with van der Waals surface area (Å²) in [4.78, 5) is 20.8. The van der Waals surface area contributed by atoms with Crippen molar-refractivity contribution >= 4 is 23.2 Å². The van der Waals surface area contributed by atoms with Crippen LogP contribution in [0.4, 0.5) is 5.69 Å². The van der Waals surface area contributed by atoms with Crippen molar-refractivity contribution in [3.8, 4) is 0 Å². The molecule has 98 valence electrons. The molecule has 18 heavy (non-hydrogen) atoms. The van der Waals surface area contributed by atoms with Crippen LogP contribution in [0.15, 0.2) is 18.2 Å². The molecule has 1 aromatic carbocycles. The van der Waals surface area contributed by atoms with E-state index in [0.29, 0.717) is 10.6 Å². The van der Waals surface area contributed by atoms with E-state index in [9.17, 15) is 14.9 Å². The Hall–Kier alpha value is -1.70. The van der Waals surface area contributed by atoms with Crippen LogP contribution in [-0.2, 0) is 11.3 Å². The maximum Gasteiger partial charge on any atom is 0.273 e. The van der Waals surface area contributed by atoms with Crippen LogP contribution < -0.4 is 11.1 Å². The molecule has 0 saturated heterocycles. The number of nitro benzene ring substituents is 1. The quantitative estimate of drug-likeness (QED) is 0.505. The third-order valence-electron chi connectivity index (χ3n) is 2.22. The first-order valence-corrected chi connectivity index (χ1v) is 5.40. The fourth-order valence-electron chi connectivity index (χ4n) is 1.32. The van der Waals surface area contributed by atoms with Crippen molar-refractivity contribution in [3.05, 3.63) is 38.9 Å². The van der Waals surface area contributed by atoms with Gasteiger partial charge in [0.15, 0.2) is 0 Å². The molecule has 4 N–H and O–H groups in total. The number of rotatable bonds is 6. The second-order valence-corrected chi connectivity index (χ2v) is 4.02. The number of carbonyl (C=O) groups excluding carboxylic acids is 1. The Labute approximate surface area is 108 Å². The van der Waals surface area contributed by atoms with Gasteiger partial charge in [0.05, 0.1) is 4.92 Å². The number of nitrogens with two attached hydrogens (primary N) is 1. The lowest BCUT2D eigenvalue weighted by atomic mass is 10.2. The van der Waals surface area contributed by atoms with E-state index in [0.717, 1.165) is 0 Å². The van der Waals surface area contributed by atoms with E-state index in [1.165, 1.54) is 18.2 Å². The van der Waals surface area contributed by atoms with Gasteiger partial charge < -0.3 is 16.2 Å². The molecule has 0 aliphatic heterocycles. The maximum absolute atomic E-state index is 10.7. The highest BCUT2D eigenvalue weighted by molar-refractivity contribution is 6.30. The van der Waals surface area contributed by atoms with Crippen molar-refractivity contribution in [1.29, 1.82) is 0 Å². The first-order chi connectivity index (χ1) is 8.41. The van der Waals surface area contributed by atoms with Crippen LogP contribution >= 0.6 is 11.6 Å². The fraction of sp³-hybridized carbons (Fsp3) is 0.300. The van der Waals surface area contributed by atoms with Crippen molar-refractivity contribution in [3.63, 3.8) is 0 Å². The molecule has 8 heteroatoms. The molecule has 0 radical (unpaired) electrons. The third kappa shape index (κ3) is 3.95. The van der Waals surface area contributed by atoms with Crippen LogP contribution in [0.25, 0.3) is 0 Å². The number of primary amides is 1. The molecule has 1 rings (SSSR count). The predicted molar refractivity (Wildman–Crippen MR) is 65.0 cm³/mol. The number of hydrogen-bond acceptors (Lipinski definition) is 5. The Morgan fingerprint density at radius 1 is 1.61 bits per heavy atom. The molecule has 1 unspecified atom stereocenters. The third-order valence-corrected chi connectivity index (χ3v) is 2.45. The van der Waals surface area contributed by atoms with Crippen molar-refractivity contribution < 1.29 is 14.8 Å². The summed E-state index contributed by atoms with van der Waals surface area (Å²) in [6, 6.07) is 4.16. The lowest BCUT2D eigenvalue weighted by Gasteiger charge is -2.08. The Morgan fingerprint density at radius 3 is 2.83 bits per heavy atom.